The van der Waals surface area contributed by atoms with Crippen LogP contribution in [0, 0.1) is 13.8 Å². The second-order valence-electron chi connectivity index (χ2n) is 6.80. The number of nitrogens with one attached hydrogen (secondary N) is 1. The van der Waals surface area contributed by atoms with E-state index in [2.05, 4.69) is 12.0 Å². The number of aryl methyl sites for hydroxylation is 3. The molecule has 0 amide bonds. The van der Waals surface area contributed by atoms with Crippen LogP contribution in [-0.2, 0) is 6.42 Å². The van der Waals surface area contributed by atoms with Crippen molar-refractivity contribution in [3.05, 3.63) is 92.1 Å². The maximum Gasteiger partial charge on any atom is 0.280 e. The first-order chi connectivity index (χ1) is 13.0. The fraction of sp³-hybridized carbons (Fsp3) is 0.182. The highest BCUT2D eigenvalue weighted by Gasteiger charge is 2.16. The second kappa shape index (κ2) is 6.43. The molecule has 0 aliphatic carbocycles. The summed E-state index contributed by atoms with van der Waals surface area (Å²) in [6.07, 6.45) is 0.937. The van der Waals surface area contributed by atoms with Gasteiger partial charge in [0.1, 0.15) is 0 Å². The van der Waals surface area contributed by atoms with Crippen molar-refractivity contribution in [1.82, 2.24) is 14.3 Å². The van der Waals surface area contributed by atoms with Gasteiger partial charge in [0.15, 0.2) is 0 Å². The van der Waals surface area contributed by atoms with Crippen molar-refractivity contribution in [2.24, 2.45) is 0 Å². The van der Waals surface area contributed by atoms with E-state index in [0.717, 1.165) is 23.4 Å². The molecule has 1 N–H and O–H groups in total. The molecule has 0 bridgehead atoms. The highest BCUT2D eigenvalue weighted by atomic mass is 16.1. The number of pyridine rings is 1. The Morgan fingerprint density at radius 3 is 2.33 bits per heavy atom. The van der Waals surface area contributed by atoms with Crippen LogP contribution < -0.4 is 11.1 Å². The topological polar surface area (TPSA) is 59.8 Å². The van der Waals surface area contributed by atoms with Crippen molar-refractivity contribution in [2.45, 2.75) is 27.2 Å². The van der Waals surface area contributed by atoms with Crippen LogP contribution in [0.3, 0.4) is 0 Å². The van der Waals surface area contributed by atoms with E-state index in [1.54, 1.807) is 4.57 Å². The largest absolute Gasteiger partial charge is 0.290 e. The Morgan fingerprint density at radius 2 is 1.67 bits per heavy atom. The van der Waals surface area contributed by atoms with Gasteiger partial charge in [0.05, 0.1) is 16.6 Å². The zero-order valence-corrected chi connectivity index (χ0v) is 15.6. The van der Waals surface area contributed by atoms with Gasteiger partial charge in [0.25, 0.3) is 11.1 Å². The van der Waals surface area contributed by atoms with Gasteiger partial charge in [-0.15, -0.1) is 0 Å². The fourth-order valence-electron chi connectivity index (χ4n) is 3.52. The lowest BCUT2D eigenvalue weighted by Gasteiger charge is -2.10. The number of H-pyrrole nitrogens is 1. The maximum atomic E-state index is 13.1. The van der Waals surface area contributed by atoms with E-state index in [4.69, 9.17) is 0 Å². The lowest BCUT2D eigenvalue weighted by atomic mass is 10.1. The molecule has 2 heterocycles. The standard InChI is InChI=1S/C22H21N3O2/c1-4-16-8-10-17(11-9-16)24-15(3)21-19(13-20(24)26)23-25(22(21)27)18-7-5-6-14(2)12-18/h5-13,23H,4H2,1-3H3. The quantitative estimate of drug-likeness (QED) is 0.607. The van der Waals surface area contributed by atoms with Gasteiger partial charge in [-0.25, -0.2) is 4.68 Å². The van der Waals surface area contributed by atoms with Crippen LogP contribution in [0.25, 0.3) is 22.3 Å². The number of hydrogen-bond acceptors (Lipinski definition) is 2. The molecule has 5 heteroatoms. The van der Waals surface area contributed by atoms with Crippen molar-refractivity contribution in [3.63, 3.8) is 0 Å². The first kappa shape index (κ1) is 17.1. The Bertz CT molecular complexity index is 1260. The molecule has 0 saturated carbocycles. The van der Waals surface area contributed by atoms with Crippen molar-refractivity contribution < 1.29 is 0 Å². The summed E-state index contributed by atoms with van der Waals surface area (Å²) < 4.78 is 3.09. The third kappa shape index (κ3) is 2.81. The third-order valence-electron chi connectivity index (χ3n) is 4.97. The molecular formula is C22H21N3O2. The van der Waals surface area contributed by atoms with E-state index in [0.29, 0.717) is 16.6 Å². The molecular weight excluding hydrogens is 338 g/mol. The number of rotatable bonds is 3. The molecule has 4 aromatic rings. The van der Waals surface area contributed by atoms with Gasteiger partial charge in [0.2, 0.25) is 0 Å². The van der Waals surface area contributed by atoms with Crippen LogP contribution >= 0.6 is 0 Å². The number of aromatic nitrogens is 3. The molecule has 2 aromatic carbocycles. The predicted molar refractivity (Wildman–Crippen MR) is 108 cm³/mol. The van der Waals surface area contributed by atoms with Crippen LogP contribution in [0.4, 0.5) is 0 Å². The molecule has 2 aromatic heterocycles. The molecule has 0 aliphatic heterocycles. The van der Waals surface area contributed by atoms with Crippen LogP contribution in [0.5, 0.6) is 0 Å². The summed E-state index contributed by atoms with van der Waals surface area (Å²) in [6, 6.07) is 17.0. The Hall–Kier alpha value is -3.34. The minimum absolute atomic E-state index is 0.160. The minimum atomic E-state index is -0.165. The maximum absolute atomic E-state index is 13.1. The number of benzene rings is 2. The zero-order chi connectivity index (χ0) is 19.1. The molecule has 4 rings (SSSR count). The summed E-state index contributed by atoms with van der Waals surface area (Å²) >= 11 is 0. The second-order valence-corrected chi connectivity index (χ2v) is 6.80. The van der Waals surface area contributed by atoms with Crippen molar-refractivity contribution >= 4 is 10.9 Å². The molecule has 0 fully saturated rings. The molecule has 0 saturated heterocycles. The third-order valence-corrected chi connectivity index (χ3v) is 4.97. The molecule has 5 nitrogen and oxygen atoms in total. The molecule has 0 spiro atoms. The lowest BCUT2D eigenvalue weighted by molar-refractivity contribution is 0.862. The predicted octanol–water partition coefficient (Wildman–Crippen LogP) is 3.65. The summed E-state index contributed by atoms with van der Waals surface area (Å²) in [5.41, 5.74) is 4.63. The Labute approximate surface area is 156 Å². The summed E-state index contributed by atoms with van der Waals surface area (Å²) in [5.74, 6) is 0. The summed E-state index contributed by atoms with van der Waals surface area (Å²) in [4.78, 5) is 25.8. The van der Waals surface area contributed by atoms with Crippen LogP contribution in [0.1, 0.15) is 23.7 Å². The van der Waals surface area contributed by atoms with E-state index in [1.807, 2.05) is 62.4 Å². The van der Waals surface area contributed by atoms with E-state index in [9.17, 15) is 9.59 Å². The first-order valence-electron chi connectivity index (χ1n) is 9.03. The summed E-state index contributed by atoms with van der Waals surface area (Å²) in [6.45, 7) is 5.88. The first-order valence-corrected chi connectivity index (χ1v) is 9.03. The Balaban J connectivity index is 1.97. The monoisotopic (exact) mass is 359 g/mol. The molecule has 27 heavy (non-hydrogen) atoms. The number of aromatic amines is 1. The molecule has 0 radical (unpaired) electrons. The normalized spacial score (nSPS) is 11.2. The highest BCUT2D eigenvalue weighted by Crippen LogP contribution is 2.17. The van der Waals surface area contributed by atoms with Gasteiger partial charge in [-0.05, 0) is 55.7 Å². The fourth-order valence-corrected chi connectivity index (χ4v) is 3.52. The zero-order valence-electron chi connectivity index (χ0n) is 15.6. The van der Waals surface area contributed by atoms with E-state index in [1.165, 1.54) is 16.3 Å². The molecule has 0 atom stereocenters. The van der Waals surface area contributed by atoms with E-state index < -0.39 is 0 Å². The highest BCUT2D eigenvalue weighted by molar-refractivity contribution is 5.81. The van der Waals surface area contributed by atoms with Crippen LogP contribution in [0.2, 0.25) is 0 Å². The van der Waals surface area contributed by atoms with Crippen molar-refractivity contribution in [1.29, 1.82) is 0 Å². The molecule has 136 valence electrons. The van der Waals surface area contributed by atoms with Gasteiger partial charge < -0.3 is 0 Å². The van der Waals surface area contributed by atoms with Gasteiger partial charge in [-0.1, -0.05) is 31.2 Å². The van der Waals surface area contributed by atoms with Crippen LogP contribution in [0.15, 0.2) is 64.2 Å². The molecule has 0 aliphatic rings. The summed E-state index contributed by atoms with van der Waals surface area (Å²) in [5, 5.41) is 3.60. The smallest absolute Gasteiger partial charge is 0.280 e. The van der Waals surface area contributed by atoms with Crippen LogP contribution in [-0.4, -0.2) is 14.3 Å². The van der Waals surface area contributed by atoms with E-state index in [-0.39, 0.29) is 11.1 Å². The average Bonchev–Trinajstić information content (AvgIpc) is 2.98. The summed E-state index contributed by atoms with van der Waals surface area (Å²) in [7, 11) is 0. The minimum Gasteiger partial charge on any atom is -0.290 e. The average molecular weight is 359 g/mol. The van der Waals surface area contributed by atoms with Crippen molar-refractivity contribution in [3.8, 4) is 11.4 Å². The number of fused-ring (bicyclic) bond motifs is 1. The van der Waals surface area contributed by atoms with Gasteiger partial charge >= 0.3 is 0 Å². The lowest BCUT2D eigenvalue weighted by Crippen LogP contribution is -2.21. The van der Waals surface area contributed by atoms with Gasteiger partial charge in [-0.2, -0.15) is 0 Å². The Kier molecular flexibility index (Phi) is 4.07. The SMILES string of the molecule is CCc1ccc(-n2c(C)c3c(=O)n(-c4cccc(C)c4)[nH]c3cc2=O)cc1. The van der Waals surface area contributed by atoms with Gasteiger partial charge in [-0.3, -0.25) is 19.3 Å². The number of nitrogens with zero attached hydrogens (tertiary/aromatic N) is 2. The van der Waals surface area contributed by atoms with Crippen molar-refractivity contribution in [2.75, 3.05) is 0 Å². The van der Waals surface area contributed by atoms with Gasteiger partial charge in [0, 0.05) is 17.4 Å². The number of hydrogen-bond donors (Lipinski definition) is 1. The Morgan fingerprint density at radius 1 is 0.926 bits per heavy atom. The van der Waals surface area contributed by atoms with E-state index >= 15 is 0 Å². The molecule has 0 unspecified atom stereocenters.